The number of hydrogen-bond donors (Lipinski definition) is 1. The molecule has 4 rings (SSSR count). The van der Waals surface area contributed by atoms with Gasteiger partial charge in [0.05, 0.1) is 13.2 Å². The second-order valence-corrected chi connectivity index (χ2v) is 8.14. The minimum atomic E-state index is -0.299. The van der Waals surface area contributed by atoms with Gasteiger partial charge in [0.1, 0.15) is 17.4 Å². The van der Waals surface area contributed by atoms with Crippen molar-refractivity contribution < 1.29 is 18.3 Å². The number of hydrogen-bond acceptors (Lipinski definition) is 3. The number of carbonyl (C=O) groups excluding carboxylic acids is 1. The molecule has 1 heterocycles. The van der Waals surface area contributed by atoms with Crippen LogP contribution in [0.25, 0.3) is 0 Å². The predicted molar refractivity (Wildman–Crippen MR) is 125 cm³/mol. The molecule has 0 spiro atoms. The van der Waals surface area contributed by atoms with Crippen molar-refractivity contribution in [2.75, 3.05) is 38.6 Å². The maximum atomic E-state index is 13.5. The van der Waals surface area contributed by atoms with E-state index in [2.05, 4.69) is 10.2 Å². The van der Waals surface area contributed by atoms with E-state index in [4.69, 9.17) is 4.74 Å². The van der Waals surface area contributed by atoms with Gasteiger partial charge in [0, 0.05) is 31.9 Å². The monoisotopic (exact) mass is 451 g/mol. The molecule has 2 amide bonds. The van der Waals surface area contributed by atoms with E-state index in [1.54, 1.807) is 36.3 Å². The molecule has 0 bridgehead atoms. The van der Waals surface area contributed by atoms with Gasteiger partial charge in [0.15, 0.2) is 0 Å². The summed E-state index contributed by atoms with van der Waals surface area (Å²) in [5.41, 5.74) is 3.53. The van der Waals surface area contributed by atoms with Gasteiger partial charge in [-0.25, -0.2) is 13.6 Å². The number of methoxy groups -OCH3 is 1. The van der Waals surface area contributed by atoms with Gasteiger partial charge in [0.2, 0.25) is 0 Å². The summed E-state index contributed by atoms with van der Waals surface area (Å²) in [5, 5.41) is 2.98. The summed E-state index contributed by atoms with van der Waals surface area (Å²) >= 11 is 0. The molecule has 1 fully saturated rings. The van der Waals surface area contributed by atoms with Crippen LogP contribution >= 0.6 is 0 Å². The molecule has 0 unspecified atom stereocenters. The molecule has 3 aromatic rings. The fraction of sp³-hybridized carbons (Fsp3) is 0.269. The van der Waals surface area contributed by atoms with Crippen molar-refractivity contribution in [2.24, 2.45) is 0 Å². The Labute approximate surface area is 192 Å². The Morgan fingerprint density at radius 3 is 1.91 bits per heavy atom. The summed E-state index contributed by atoms with van der Waals surface area (Å²) in [6.45, 7) is 4.27. The lowest BCUT2D eigenvalue weighted by Crippen LogP contribution is -2.51. The highest BCUT2D eigenvalue weighted by Gasteiger charge is 2.28. The lowest BCUT2D eigenvalue weighted by Gasteiger charge is -2.39. The van der Waals surface area contributed by atoms with Crippen molar-refractivity contribution in [3.63, 3.8) is 0 Å². The number of urea groups is 1. The number of rotatable bonds is 5. The van der Waals surface area contributed by atoms with E-state index in [9.17, 15) is 13.6 Å². The van der Waals surface area contributed by atoms with Gasteiger partial charge in [-0.05, 0) is 66.1 Å². The zero-order valence-corrected chi connectivity index (χ0v) is 18.7. The maximum Gasteiger partial charge on any atom is 0.321 e. The zero-order chi connectivity index (χ0) is 23.4. The smallest absolute Gasteiger partial charge is 0.321 e. The largest absolute Gasteiger partial charge is 0.497 e. The highest BCUT2D eigenvalue weighted by molar-refractivity contribution is 5.90. The summed E-state index contributed by atoms with van der Waals surface area (Å²) in [7, 11) is 1.61. The van der Waals surface area contributed by atoms with E-state index in [1.807, 2.05) is 25.1 Å². The summed E-state index contributed by atoms with van der Waals surface area (Å²) in [6, 6.07) is 18.0. The van der Waals surface area contributed by atoms with Crippen LogP contribution in [0.2, 0.25) is 0 Å². The second-order valence-electron chi connectivity index (χ2n) is 8.14. The molecule has 7 heteroatoms. The van der Waals surface area contributed by atoms with E-state index in [1.165, 1.54) is 24.3 Å². The van der Waals surface area contributed by atoms with Crippen LogP contribution in [0.1, 0.15) is 22.7 Å². The molecule has 0 radical (unpaired) electrons. The minimum absolute atomic E-state index is 0.150. The van der Waals surface area contributed by atoms with Crippen molar-refractivity contribution in [2.45, 2.75) is 13.0 Å². The number of nitrogens with one attached hydrogen (secondary N) is 1. The fourth-order valence-corrected chi connectivity index (χ4v) is 4.19. The van der Waals surface area contributed by atoms with Crippen LogP contribution < -0.4 is 10.1 Å². The number of piperazine rings is 1. The molecule has 5 nitrogen and oxygen atoms in total. The minimum Gasteiger partial charge on any atom is -0.497 e. The molecule has 172 valence electrons. The molecule has 1 aliphatic heterocycles. The molecule has 3 aromatic carbocycles. The van der Waals surface area contributed by atoms with Crippen LogP contribution in [0.3, 0.4) is 0 Å². The molecule has 33 heavy (non-hydrogen) atoms. The Bertz CT molecular complexity index is 1050. The standard InChI is InChI=1S/C26H27F2N3O2/c1-18-17-23(33-2)11-12-24(18)29-26(32)31-15-13-30(14-16-31)25(19-3-7-21(27)8-4-19)20-5-9-22(28)10-6-20/h3-12,17,25H,13-16H2,1-2H3,(H,29,32). The molecule has 0 saturated carbocycles. The van der Waals surface area contributed by atoms with Crippen molar-refractivity contribution in [3.05, 3.63) is 95.1 Å². The van der Waals surface area contributed by atoms with Gasteiger partial charge >= 0.3 is 6.03 Å². The molecular formula is C26H27F2N3O2. The van der Waals surface area contributed by atoms with Crippen LogP contribution in [0.15, 0.2) is 66.7 Å². The zero-order valence-electron chi connectivity index (χ0n) is 18.7. The predicted octanol–water partition coefficient (Wildman–Crippen LogP) is 5.22. The van der Waals surface area contributed by atoms with Gasteiger partial charge in [-0.2, -0.15) is 0 Å². The van der Waals surface area contributed by atoms with Crippen LogP contribution in [0.4, 0.5) is 19.3 Å². The third-order valence-corrected chi connectivity index (χ3v) is 6.01. The summed E-state index contributed by atoms with van der Waals surface area (Å²) in [5.74, 6) is 0.144. The van der Waals surface area contributed by atoms with Gasteiger partial charge in [-0.15, -0.1) is 0 Å². The van der Waals surface area contributed by atoms with Crippen LogP contribution in [0.5, 0.6) is 5.75 Å². The van der Waals surface area contributed by atoms with E-state index in [0.717, 1.165) is 28.1 Å². The first kappa shape index (κ1) is 22.7. The molecular weight excluding hydrogens is 424 g/mol. The van der Waals surface area contributed by atoms with E-state index in [-0.39, 0.29) is 23.7 Å². The molecule has 0 aliphatic carbocycles. The number of anilines is 1. The van der Waals surface area contributed by atoms with E-state index < -0.39 is 0 Å². The highest BCUT2D eigenvalue weighted by atomic mass is 19.1. The topological polar surface area (TPSA) is 44.8 Å². The average molecular weight is 452 g/mol. The second kappa shape index (κ2) is 10.0. The Kier molecular flexibility index (Phi) is 6.89. The molecule has 1 aliphatic rings. The van der Waals surface area contributed by atoms with Crippen LogP contribution in [0, 0.1) is 18.6 Å². The van der Waals surface area contributed by atoms with Gasteiger partial charge < -0.3 is 15.0 Å². The molecule has 0 atom stereocenters. The Morgan fingerprint density at radius 1 is 0.879 bits per heavy atom. The number of ether oxygens (including phenoxy) is 1. The number of nitrogens with zero attached hydrogens (tertiary/aromatic N) is 2. The number of carbonyl (C=O) groups is 1. The fourth-order valence-electron chi connectivity index (χ4n) is 4.19. The lowest BCUT2D eigenvalue weighted by atomic mass is 9.96. The number of halogens is 2. The Morgan fingerprint density at radius 2 is 1.42 bits per heavy atom. The summed E-state index contributed by atoms with van der Waals surface area (Å²) in [4.78, 5) is 16.9. The molecule has 0 aromatic heterocycles. The molecule has 1 N–H and O–H groups in total. The Balaban J connectivity index is 1.46. The van der Waals surface area contributed by atoms with Crippen molar-refractivity contribution in [3.8, 4) is 5.75 Å². The third kappa shape index (κ3) is 5.31. The first-order chi connectivity index (χ1) is 15.9. The SMILES string of the molecule is COc1ccc(NC(=O)N2CCN(C(c3ccc(F)cc3)c3ccc(F)cc3)CC2)c(C)c1. The van der Waals surface area contributed by atoms with Crippen LogP contribution in [-0.4, -0.2) is 49.1 Å². The number of amides is 2. The first-order valence-corrected chi connectivity index (χ1v) is 10.9. The van der Waals surface area contributed by atoms with Gasteiger partial charge in [-0.3, -0.25) is 4.90 Å². The first-order valence-electron chi connectivity index (χ1n) is 10.9. The third-order valence-electron chi connectivity index (χ3n) is 6.01. The van der Waals surface area contributed by atoms with Gasteiger partial charge in [-0.1, -0.05) is 24.3 Å². The quantitative estimate of drug-likeness (QED) is 0.579. The highest BCUT2D eigenvalue weighted by Crippen LogP contribution is 2.30. The van der Waals surface area contributed by atoms with Crippen molar-refractivity contribution >= 4 is 11.7 Å². The number of benzene rings is 3. The average Bonchev–Trinajstić information content (AvgIpc) is 2.83. The lowest BCUT2D eigenvalue weighted by molar-refractivity contribution is 0.126. The van der Waals surface area contributed by atoms with Crippen molar-refractivity contribution in [1.82, 2.24) is 9.80 Å². The van der Waals surface area contributed by atoms with E-state index in [0.29, 0.717) is 26.2 Å². The number of aryl methyl sites for hydroxylation is 1. The van der Waals surface area contributed by atoms with Crippen molar-refractivity contribution in [1.29, 1.82) is 0 Å². The van der Waals surface area contributed by atoms with Crippen LogP contribution in [-0.2, 0) is 0 Å². The summed E-state index contributed by atoms with van der Waals surface area (Å²) < 4.78 is 32.3. The maximum absolute atomic E-state index is 13.5. The Hall–Kier alpha value is -3.45. The summed E-state index contributed by atoms with van der Waals surface area (Å²) in [6.07, 6.45) is 0. The molecule has 1 saturated heterocycles. The normalized spacial score (nSPS) is 14.4. The van der Waals surface area contributed by atoms with E-state index >= 15 is 0 Å². The van der Waals surface area contributed by atoms with Gasteiger partial charge in [0.25, 0.3) is 0 Å².